The molecular formula is C22H30N4O5. The molecule has 3 amide bonds. The van der Waals surface area contributed by atoms with Crippen LogP contribution in [0.1, 0.15) is 26.2 Å². The molecule has 2 atom stereocenters. The molecule has 2 N–H and O–H groups in total. The van der Waals surface area contributed by atoms with Crippen LogP contribution in [-0.2, 0) is 23.9 Å². The Labute approximate surface area is 182 Å². The van der Waals surface area contributed by atoms with E-state index in [0.717, 1.165) is 12.8 Å². The maximum Gasteiger partial charge on any atom is 0.310 e. The molecule has 2 saturated heterocycles. The molecule has 2 fully saturated rings. The molecular weight excluding hydrogens is 400 g/mol. The highest BCUT2D eigenvalue weighted by Gasteiger charge is 2.36. The van der Waals surface area contributed by atoms with E-state index < -0.39 is 6.04 Å². The minimum absolute atomic E-state index is 0.111. The minimum Gasteiger partial charge on any atom is -0.466 e. The van der Waals surface area contributed by atoms with Gasteiger partial charge in [0, 0.05) is 25.3 Å². The zero-order valence-electron chi connectivity index (χ0n) is 17.8. The molecule has 1 aromatic carbocycles. The summed E-state index contributed by atoms with van der Waals surface area (Å²) in [4.78, 5) is 53.4. The van der Waals surface area contributed by atoms with Crippen LogP contribution < -0.4 is 10.6 Å². The SMILES string of the molecule is CCOC(=O)C1CCCN(CC(=O)N2CCNC(=O)C2CC(=O)Nc2ccccc2)C1. The molecule has 0 saturated carbocycles. The van der Waals surface area contributed by atoms with Crippen molar-refractivity contribution in [3.8, 4) is 0 Å². The Morgan fingerprint density at radius 3 is 2.71 bits per heavy atom. The number of hydrogen-bond donors (Lipinski definition) is 2. The fourth-order valence-electron chi connectivity index (χ4n) is 4.06. The molecule has 3 rings (SSSR count). The highest BCUT2D eigenvalue weighted by Crippen LogP contribution is 2.19. The number of piperidine rings is 1. The minimum atomic E-state index is -0.851. The molecule has 9 heteroatoms. The Bertz CT molecular complexity index is 800. The summed E-state index contributed by atoms with van der Waals surface area (Å²) < 4.78 is 5.12. The second-order valence-corrected chi connectivity index (χ2v) is 7.84. The van der Waals surface area contributed by atoms with Crippen molar-refractivity contribution >= 4 is 29.4 Å². The molecule has 1 aromatic rings. The zero-order valence-corrected chi connectivity index (χ0v) is 17.8. The lowest BCUT2D eigenvalue weighted by Gasteiger charge is -2.37. The van der Waals surface area contributed by atoms with E-state index in [2.05, 4.69) is 10.6 Å². The van der Waals surface area contributed by atoms with Gasteiger partial charge in [-0.05, 0) is 38.4 Å². The van der Waals surface area contributed by atoms with Crippen molar-refractivity contribution in [2.24, 2.45) is 5.92 Å². The summed E-state index contributed by atoms with van der Waals surface area (Å²) in [6.45, 7) is 4.10. The summed E-state index contributed by atoms with van der Waals surface area (Å²) in [5, 5.41) is 5.50. The van der Waals surface area contributed by atoms with Gasteiger partial charge in [-0.1, -0.05) is 18.2 Å². The predicted molar refractivity (Wildman–Crippen MR) is 114 cm³/mol. The average molecular weight is 431 g/mol. The van der Waals surface area contributed by atoms with Crippen LogP contribution in [0.15, 0.2) is 30.3 Å². The number of esters is 1. The first-order chi connectivity index (χ1) is 15.0. The summed E-state index contributed by atoms with van der Waals surface area (Å²) >= 11 is 0. The van der Waals surface area contributed by atoms with E-state index in [4.69, 9.17) is 4.74 Å². The smallest absolute Gasteiger partial charge is 0.310 e. The number of amides is 3. The molecule has 2 aliphatic heterocycles. The first kappa shape index (κ1) is 22.7. The molecule has 0 spiro atoms. The molecule has 2 heterocycles. The monoisotopic (exact) mass is 430 g/mol. The number of anilines is 1. The average Bonchev–Trinajstić information content (AvgIpc) is 2.76. The van der Waals surface area contributed by atoms with Crippen molar-refractivity contribution in [1.82, 2.24) is 15.1 Å². The molecule has 2 unspecified atom stereocenters. The first-order valence-corrected chi connectivity index (χ1v) is 10.8. The van der Waals surface area contributed by atoms with Crippen molar-refractivity contribution < 1.29 is 23.9 Å². The number of benzene rings is 1. The molecule has 0 radical (unpaired) electrons. The second kappa shape index (κ2) is 10.9. The fraction of sp³-hybridized carbons (Fsp3) is 0.545. The molecule has 2 aliphatic rings. The zero-order chi connectivity index (χ0) is 22.2. The van der Waals surface area contributed by atoms with Crippen molar-refractivity contribution in [2.75, 3.05) is 44.6 Å². The first-order valence-electron chi connectivity index (χ1n) is 10.8. The number of nitrogens with one attached hydrogen (secondary N) is 2. The largest absolute Gasteiger partial charge is 0.466 e. The standard InChI is InChI=1S/C22H30N4O5/c1-2-31-22(30)16-7-6-11-25(14-16)15-20(28)26-12-10-23-21(29)18(26)13-19(27)24-17-8-4-3-5-9-17/h3-5,8-9,16,18H,2,6-7,10-15H2,1H3,(H,23,29)(H,24,27). The van der Waals surface area contributed by atoms with E-state index >= 15 is 0 Å². The Balaban J connectivity index is 1.59. The molecule has 168 valence electrons. The number of carbonyl (C=O) groups is 4. The quantitative estimate of drug-likeness (QED) is 0.614. The lowest BCUT2D eigenvalue weighted by Crippen LogP contribution is -2.60. The third kappa shape index (κ3) is 6.27. The molecule has 0 aliphatic carbocycles. The number of hydrogen-bond acceptors (Lipinski definition) is 6. The molecule has 31 heavy (non-hydrogen) atoms. The van der Waals surface area contributed by atoms with Gasteiger partial charge in [0.2, 0.25) is 17.7 Å². The van der Waals surface area contributed by atoms with Crippen LogP contribution in [0.4, 0.5) is 5.69 Å². The Hall–Kier alpha value is -2.94. The molecule has 0 bridgehead atoms. The number of likely N-dealkylation sites (tertiary alicyclic amines) is 1. The third-order valence-corrected chi connectivity index (χ3v) is 5.57. The fourth-order valence-corrected chi connectivity index (χ4v) is 4.06. The van der Waals surface area contributed by atoms with Gasteiger partial charge >= 0.3 is 5.97 Å². The lowest BCUT2D eigenvalue weighted by molar-refractivity contribution is -0.151. The summed E-state index contributed by atoms with van der Waals surface area (Å²) in [5.41, 5.74) is 0.639. The van der Waals surface area contributed by atoms with Crippen LogP contribution >= 0.6 is 0 Å². The summed E-state index contributed by atoms with van der Waals surface area (Å²) in [6.07, 6.45) is 1.44. The van der Waals surface area contributed by atoms with E-state index in [-0.39, 0.29) is 42.6 Å². The van der Waals surface area contributed by atoms with E-state index in [1.807, 2.05) is 11.0 Å². The number of rotatable bonds is 7. The van der Waals surface area contributed by atoms with Crippen LogP contribution in [-0.4, -0.2) is 78.9 Å². The van der Waals surface area contributed by atoms with Gasteiger partial charge in [-0.15, -0.1) is 0 Å². The molecule has 9 nitrogen and oxygen atoms in total. The van der Waals surface area contributed by atoms with Gasteiger partial charge in [-0.25, -0.2) is 0 Å². The van der Waals surface area contributed by atoms with Gasteiger partial charge < -0.3 is 20.3 Å². The van der Waals surface area contributed by atoms with Crippen LogP contribution in [0.5, 0.6) is 0 Å². The van der Waals surface area contributed by atoms with Crippen molar-refractivity contribution in [3.63, 3.8) is 0 Å². The summed E-state index contributed by atoms with van der Waals surface area (Å²) in [5.74, 6) is -1.33. The van der Waals surface area contributed by atoms with E-state index in [1.54, 1.807) is 31.2 Å². The van der Waals surface area contributed by atoms with E-state index in [0.29, 0.717) is 38.5 Å². The van der Waals surface area contributed by atoms with Gasteiger partial charge in [0.05, 0.1) is 25.5 Å². The number of carbonyl (C=O) groups excluding carboxylic acids is 4. The van der Waals surface area contributed by atoms with Gasteiger partial charge in [-0.2, -0.15) is 0 Å². The van der Waals surface area contributed by atoms with Crippen molar-refractivity contribution in [1.29, 1.82) is 0 Å². The maximum atomic E-state index is 13.0. The van der Waals surface area contributed by atoms with Crippen molar-refractivity contribution in [3.05, 3.63) is 30.3 Å². The van der Waals surface area contributed by atoms with Crippen LogP contribution in [0.25, 0.3) is 0 Å². The van der Waals surface area contributed by atoms with Crippen LogP contribution in [0.2, 0.25) is 0 Å². The number of para-hydroxylation sites is 1. The topological polar surface area (TPSA) is 108 Å². The Morgan fingerprint density at radius 1 is 1.19 bits per heavy atom. The van der Waals surface area contributed by atoms with Gasteiger partial charge in [0.25, 0.3) is 0 Å². The van der Waals surface area contributed by atoms with Gasteiger partial charge in [-0.3, -0.25) is 24.1 Å². The highest BCUT2D eigenvalue weighted by atomic mass is 16.5. The summed E-state index contributed by atoms with van der Waals surface area (Å²) in [6, 6.07) is 8.13. The number of piperazine rings is 1. The third-order valence-electron chi connectivity index (χ3n) is 5.57. The van der Waals surface area contributed by atoms with Gasteiger partial charge in [0.1, 0.15) is 6.04 Å². The lowest BCUT2D eigenvalue weighted by atomic mass is 9.98. The highest BCUT2D eigenvalue weighted by molar-refractivity contribution is 5.97. The van der Waals surface area contributed by atoms with Gasteiger partial charge in [0.15, 0.2) is 0 Å². The second-order valence-electron chi connectivity index (χ2n) is 7.84. The normalized spacial score (nSPS) is 21.8. The molecule has 0 aromatic heterocycles. The number of ether oxygens (including phenoxy) is 1. The summed E-state index contributed by atoms with van der Waals surface area (Å²) in [7, 11) is 0. The van der Waals surface area contributed by atoms with Crippen molar-refractivity contribution in [2.45, 2.75) is 32.2 Å². The predicted octanol–water partition coefficient (Wildman–Crippen LogP) is 0.617. The van der Waals surface area contributed by atoms with E-state index in [9.17, 15) is 19.2 Å². The number of nitrogens with zero attached hydrogens (tertiary/aromatic N) is 2. The maximum absolute atomic E-state index is 13.0. The van der Waals surface area contributed by atoms with Crippen LogP contribution in [0, 0.1) is 5.92 Å². The Kier molecular flexibility index (Phi) is 8.00. The van der Waals surface area contributed by atoms with E-state index in [1.165, 1.54) is 4.90 Å². The Morgan fingerprint density at radius 2 is 1.97 bits per heavy atom. The van der Waals surface area contributed by atoms with Crippen LogP contribution in [0.3, 0.4) is 0 Å².